The fourth-order valence-electron chi connectivity index (χ4n) is 3.17. The summed E-state index contributed by atoms with van der Waals surface area (Å²) in [7, 11) is 3.79. The Hall–Kier alpha value is -1.02. The number of likely N-dealkylation sites (N-methyl/N-ethyl adjacent to an activating group) is 1. The smallest absolute Gasteiger partial charge is 0.121 e. The number of hydrogen-bond donors (Lipinski definition) is 1. The molecule has 0 amide bonds. The molecule has 2 heteroatoms. The molecule has 0 atom stereocenters. The SMILES string of the molecule is CNCC1(c2ccc(OC)c(C)c2)CCCC1. The first-order valence-corrected chi connectivity index (χ1v) is 6.51. The highest BCUT2D eigenvalue weighted by atomic mass is 16.5. The Balaban J connectivity index is 2.33. The van der Waals surface area contributed by atoms with Gasteiger partial charge in [-0.1, -0.05) is 25.0 Å². The van der Waals surface area contributed by atoms with Crippen molar-refractivity contribution in [2.45, 2.75) is 38.0 Å². The van der Waals surface area contributed by atoms with Crippen LogP contribution in [0.4, 0.5) is 0 Å². The number of hydrogen-bond acceptors (Lipinski definition) is 2. The third-order valence-corrected chi connectivity index (χ3v) is 4.08. The van der Waals surface area contributed by atoms with Gasteiger partial charge in [0.25, 0.3) is 0 Å². The summed E-state index contributed by atoms with van der Waals surface area (Å²) in [5.74, 6) is 0.992. The van der Waals surface area contributed by atoms with E-state index in [2.05, 4.69) is 37.5 Å². The molecule has 0 aromatic heterocycles. The van der Waals surface area contributed by atoms with Crippen LogP contribution < -0.4 is 10.1 Å². The van der Waals surface area contributed by atoms with E-state index in [0.717, 1.165) is 12.3 Å². The van der Waals surface area contributed by atoms with Crippen molar-refractivity contribution >= 4 is 0 Å². The predicted octanol–water partition coefficient (Wildman–Crippen LogP) is 3.03. The zero-order valence-electron chi connectivity index (χ0n) is 11.2. The lowest BCUT2D eigenvalue weighted by Gasteiger charge is -2.30. The molecule has 2 nitrogen and oxygen atoms in total. The van der Waals surface area contributed by atoms with Crippen LogP contribution in [0.2, 0.25) is 0 Å². The van der Waals surface area contributed by atoms with Crippen molar-refractivity contribution in [3.8, 4) is 5.75 Å². The van der Waals surface area contributed by atoms with Crippen molar-refractivity contribution in [3.63, 3.8) is 0 Å². The fourth-order valence-corrected chi connectivity index (χ4v) is 3.17. The van der Waals surface area contributed by atoms with Crippen LogP contribution in [0.15, 0.2) is 18.2 Å². The molecule has 1 aliphatic carbocycles. The Morgan fingerprint density at radius 2 is 2.00 bits per heavy atom. The standard InChI is InChI=1S/C15H23NO/c1-12-10-13(6-7-14(12)17-3)15(11-16-2)8-4-5-9-15/h6-7,10,16H,4-5,8-9,11H2,1-3H3. The summed E-state index contributed by atoms with van der Waals surface area (Å²) >= 11 is 0. The minimum Gasteiger partial charge on any atom is -0.496 e. The molecular formula is C15H23NO. The Bertz CT molecular complexity index is 381. The molecular weight excluding hydrogens is 210 g/mol. The van der Waals surface area contributed by atoms with Gasteiger partial charge in [-0.15, -0.1) is 0 Å². The molecule has 0 heterocycles. The van der Waals surface area contributed by atoms with E-state index in [1.54, 1.807) is 7.11 Å². The van der Waals surface area contributed by atoms with Gasteiger partial charge in [-0.25, -0.2) is 0 Å². The largest absolute Gasteiger partial charge is 0.496 e. The highest BCUT2D eigenvalue weighted by Gasteiger charge is 2.35. The number of ether oxygens (including phenoxy) is 1. The van der Waals surface area contributed by atoms with Crippen LogP contribution in [-0.2, 0) is 5.41 Å². The van der Waals surface area contributed by atoms with Gasteiger partial charge in [0.2, 0.25) is 0 Å². The van der Waals surface area contributed by atoms with Gasteiger partial charge in [0, 0.05) is 12.0 Å². The van der Waals surface area contributed by atoms with Crippen molar-refractivity contribution in [3.05, 3.63) is 29.3 Å². The third kappa shape index (κ3) is 2.32. The van der Waals surface area contributed by atoms with Gasteiger partial charge in [0.05, 0.1) is 7.11 Å². The van der Waals surface area contributed by atoms with Crippen LogP contribution in [-0.4, -0.2) is 20.7 Å². The number of nitrogens with one attached hydrogen (secondary N) is 1. The zero-order chi connectivity index (χ0) is 12.3. The first-order valence-electron chi connectivity index (χ1n) is 6.51. The van der Waals surface area contributed by atoms with Gasteiger partial charge in [-0.05, 0) is 44.0 Å². The summed E-state index contributed by atoms with van der Waals surface area (Å²) in [5.41, 5.74) is 3.07. The zero-order valence-corrected chi connectivity index (χ0v) is 11.2. The average molecular weight is 233 g/mol. The average Bonchev–Trinajstić information content (AvgIpc) is 2.79. The van der Waals surface area contributed by atoms with E-state index in [9.17, 15) is 0 Å². The number of methoxy groups -OCH3 is 1. The van der Waals surface area contributed by atoms with E-state index >= 15 is 0 Å². The van der Waals surface area contributed by atoms with Gasteiger partial charge >= 0.3 is 0 Å². The molecule has 0 spiro atoms. The van der Waals surface area contributed by atoms with Gasteiger partial charge in [-0.3, -0.25) is 0 Å². The molecule has 1 saturated carbocycles. The van der Waals surface area contributed by atoms with Crippen molar-refractivity contribution in [2.24, 2.45) is 0 Å². The summed E-state index contributed by atoms with van der Waals surface area (Å²) in [6.07, 6.45) is 5.32. The van der Waals surface area contributed by atoms with E-state index < -0.39 is 0 Å². The molecule has 0 radical (unpaired) electrons. The summed E-state index contributed by atoms with van der Waals surface area (Å²) in [6.45, 7) is 3.21. The quantitative estimate of drug-likeness (QED) is 0.863. The van der Waals surface area contributed by atoms with E-state index in [4.69, 9.17) is 4.74 Å². The summed E-state index contributed by atoms with van der Waals surface area (Å²) < 4.78 is 5.34. The highest BCUT2D eigenvalue weighted by molar-refractivity contribution is 5.40. The minimum absolute atomic E-state index is 0.353. The molecule has 2 rings (SSSR count). The van der Waals surface area contributed by atoms with E-state index in [-0.39, 0.29) is 0 Å². The number of benzene rings is 1. The Labute approximate surface area is 104 Å². The summed E-state index contributed by atoms with van der Waals surface area (Å²) in [5, 5.41) is 3.37. The van der Waals surface area contributed by atoms with Crippen molar-refractivity contribution < 1.29 is 4.74 Å². The van der Waals surface area contributed by atoms with E-state index in [0.29, 0.717) is 5.41 Å². The van der Waals surface area contributed by atoms with Crippen molar-refractivity contribution in [1.82, 2.24) is 5.32 Å². The second-order valence-corrected chi connectivity index (χ2v) is 5.20. The predicted molar refractivity (Wildman–Crippen MR) is 71.8 cm³/mol. The van der Waals surface area contributed by atoms with Gasteiger partial charge in [-0.2, -0.15) is 0 Å². The Morgan fingerprint density at radius 3 is 2.53 bits per heavy atom. The Morgan fingerprint density at radius 1 is 1.29 bits per heavy atom. The van der Waals surface area contributed by atoms with Crippen LogP contribution in [0.5, 0.6) is 5.75 Å². The van der Waals surface area contributed by atoms with Gasteiger partial charge < -0.3 is 10.1 Å². The van der Waals surface area contributed by atoms with Crippen LogP contribution in [0.3, 0.4) is 0 Å². The molecule has 94 valence electrons. The topological polar surface area (TPSA) is 21.3 Å². The van der Waals surface area contributed by atoms with E-state index in [1.165, 1.54) is 36.8 Å². The molecule has 0 unspecified atom stereocenters. The van der Waals surface area contributed by atoms with Crippen LogP contribution >= 0.6 is 0 Å². The lowest BCUT2D eigenvalue weighted by molar-refractivity contribution is 0.405. The maximum Gasteiger partial charge on any atom is 0.121 e. The molecule has 0 bridgehead atoms. The third-order valence-electron chi connectivity index (χ3n) is 4.08. The molecule has 1 aromatic rings. The second-order valence-electron chi connectivity index (χ2n) is 5.20. The number of aryl methyl sites for hydroxylation is 1. The lowest BCUT2D eigenvalue weighted by Crippen LogP contribution is -2.34. The first kappa shape index (κ1) is 12.4. The lowest BCUT2D eigenvalue weighted by atomic mass is 9.78. The minimum atomic E-state index is 0.353. The number of rotatable bonds is 4. The molecule has 1 aliphatic rings. The monoisotopic (exact) mass is 233 g/mol. The summed E-state index contributed by atoms with van der Waals surface area (Å²) in [6, 6.07) is 6.66. The molecule has 17 heavy (non-hydrogen) atoms. The molecule has 1 N–H and O–H groups in total. The first-order chi connectivity index (χ1) is 8.22. The summed E-state index contributed by atoms with van der Waals surface area (Å²) in [4.78, 5) is 0. The molecule has 0 saturated heterocycles. The molecule has 0 aliphatic heterocycles. The maximum absolute atomic E-state index is 5.34. The fraction of sp³-hybridized carbons (Fsp3) is 0.600. The van der Waals surface area contributed by atoms with Gasteiger partial charge in [0.15, 0.2) is 0 Å². The van der Waals surface area contributed by atoms with Crippen molar-refractivity contribution in [2.75, 3.05) is 20.7 Å². The van der Waals surface area contributed by atoms with Crippen molar-refractivity contribution in [1.29, 1.82) is 0 Å². The van der Waals surface area contributed by atoms with E-state index in [1.807, 2.05) is 0 Å². The second kappa shape index (κ2) is 5.09. The maximum atomic E-state index is 5.34. The van der Waals surface area contributed by atoms with Crippen LogP contribution in [0.1, 0.15) is 36.8 Å². The normalized spacial score (nSPS) is 18.3. The highest BCUT2D eigenvalue weighted by Crippen LogP contribution is 2.41. The Kier molecular flexibility index (Phi) is 3.72. The molecule has 1 aromatic carbocycles. The molecule has 1 fully saturated rings. The van der Waals surface area contributed by atoms with Crippen LogP contribution in [0, 0.1) is 6.92 Å². The van der Waals surface area contributed by atoms with Crippen LogP contribution in [0.25, 0.3) is 0 Å². The van der Waals surface area contributed by atoms with Gasteiger partial charge in [0.1, 0.15) is 5.75 Å².